The van der Waals surface area contributed by atoms with Gasteiger partial charge in [-0.2, -0.15) is 0 Å². The van der Waals surface area contributed by atoms with Gasteiger partial charge >= 0.3 is 12.0 Å². The molecule has 0 aliphatic heterocycles. The molecule has 5 nitrogen and oxygen atoms in total. The summed E-state index contributed by atoms with van der Waals surface area (Å²) in [5.74, 6) is -0.771. The summed E-state index contributed by atoms with van der Waals surface area (Å²) in [6.45, 7) is 8.71. The van der Waals surface area contributed by atoms with Crippen molar-refractivity contribution in [3.05, 3.63) is 0 Å². The van der Waals surface area contributed by atoms with Crippen molar-refractivity contribution in [1.82, 2.24) is 10.6 Å². The van der Waals surface area contributed by atoms with Crippen molar-refractivity contribution in [2.45, 2.75) is 65.8 Å². The smallest absolute Gasteiger partial charge is 0.315 e. The van der Waals surface area contributed by atoms with E-state index in [1.165, 1.54) is 0 Å². The highest BCUT2D eigenvalue weighted by molar-refractivity contribution is 5.74. The molecule has 0 radical (unpaired) electrons. The minimum absolute atomic E-state index is 0.0689. The second kappa shape index (κ2) is 8.77. The van der Waals surface area contributed by atoms with Crippen LogP contribution in [0.2, 0.25) is 0 Å². The van der Waals surface area contributed by atoms with E-state index in [9.17, 15) is 9.59 Å². The van der Waals surface area contributed by atoms with Crippen molar-refractivity contribution in [3.63, 3.8) is 0 Å². The van der Waals surface area contributed by atoms with Gasteiger partial charge in [-0.1, -0.05) is 27.7 Å². The van der Waals surface area contributed by atoms with Crippen LogP contribution in [0.15, 0.2) is 0 Å². The summed E-state index contributed by atoms with van der Waals surface area (Å²) in [7, 11) is 0. The van der Waals surface area contributed by atoms with Gasteiger partial charge in [-0.25, -0.2) is 4.79 Å². The Hall–Kier alpha value is -1.26. The Morgan fingerprint density at radius 2 is 1.74 bits per heavy atom. The minimum atomic E-state index is -0.771. The molecule has 0 atom stereocenters. The lowest BCUT2D eigenvalue weighted by atomic mass is 9.84. The third kappa shape index (κ3) is 9.33. The number of hydrogen-bond acceptors (Lipinski definition) is 2. The van der Waals surface area contributed by atoms with Crippen molar-refractivity contribution < 1.29 is 14.7 Å². The maximum Gasteiger partial charge on any atom is 0.315 e. The van der Waals surface area contributed by atoms with Gasteiger partial charge in [0, 0.05) is 19.0 Å². The van der Waals surface area contributed by atoms with Crippen LogP contribution in [0.4, 0.5) is 4.79 Å². The third-order valence-corrected chi connectivity index (χ3v) is 3.42. The lowest BCUT2D eigenvalue weighted by Gasteiger charge is -2.24. The van der Waals surface area contributed by atoms with Crippen molar-refractivity contribution >= 4 is 12.0 Å². The van der Waals surface area contributed by atoms with Crippen LogP contribution in [-0.4, -0.2) is 29.7 Å². The maximum atomic E-state index is 11.6. The average molecular weight is 272 g/mol. The third-order valence-electron chi connectivity index (χ3n) is 3.42. The highest BCUT2D eigenvalue weighted by Gasteiger charge is 2.19. The zero-order valence-electron chi connectivity index (χ0n) is 12.6. The number of amides is 2. The molecule has 0 rings (SSSR count). The number of hydrogen-bond donors (Lipinski definition) is 3. The van der Waals surface area contributed by atoms with E-state index in [1.807, 2.05) is 27.7 Å². The summed E-state index contributed by atoms with van der Waals surface area (Å²) >= 11 is 0. The first-order valence-electron chi connectivity index (χ1n) is 7.07. The number of nitrogens with one attached hydrogen (secondary N) is 2. The van der Waals surface area contributed by atoms with Gasteiger partial charge in [0.15, 0.2) is 0 Å². The Morgan fingerprint density at radius 1 is 1.16 bits per heavy atom. The van der Waals surface area contributed by atoms with Gasteiger partial charge in [0.1, 0.15) is 0 Å². The molecule has 0 spiro atoms. The summed E-state index contributed by atoms with van der Waals surface area (Å²) in [6.07, 6.45) is 3.42. The fourth-order valence-corrected chi connectivity index (χ4v) is 1.81. The zero-order valence-corrected chi connectivity index (χ0v) is 12.6. The number of carbonyl (C=O) groups is 2. The molecule has 112 valence electrons. The fraction of sp³-hybridized carbons (Fsp3) is 0.857. The number of rotatable bonds is 9. The minimum Gasteiger partial charge on any atom is -0.481 e. The van der Waals surface area contributed by atoms with E-state index in [0.717, 1.165) is 19.3 Å². The molecular formula is C14H28N2O3. The van der Waals surface area contributed by atoms with Crippen LogP contribution in [-0.2, 0) is 4.79 Å². The summed E-state index contributed by atoms with van der Waals surface area (Å²) < 4.78 is 0. The van der Waals surface area contributed by atoms with Crippen molar-refractivity contribution in [2.24, 2.45) is 5.41 Å². The largest absolute Gasteiger partial charge is 0.481 e. The van der Waals surface area contributed by atoms with Crippen LogP contribution in [0, 0.1) is 5.41 Å². The Kier molecular flexibility index (Phi) is 8.19. The molecule has 0 fully saturated rings. The predicted octanol–water partition coefficient (Wildman–Crippen LogP) is 2.76. The van der Waals surface area contributed by atoms with Crippen molar-refractivity contribution in [3.8, 4) is 0 Å². The average Bonchev–Trinajstić information content (AvgIpc) is 2.33. The molecule has 0 aliphatic rings. The van der Waals surface area contributed by atoms with Crippen LogP contribution >= 0.6 is 0 Å². The molecule has 0 bridgehead atoms. The number of carbonyl (C=O) groups excluding carboxylic acids is 1. The summed E-state index contributed by atoms with van der Waals surface area (Å²) in [5.41, 5.74) is -0.0689. The summed E-state index contributed by atoms with van der Waals surface area (Å²) in [6, 6.07) is 0.0859. The molecule has 5 heteroatoms. The maximum absolute atomic E-state index is 11.6. The molecule has 0 aromatic heterocycles. The van der Waals surface area contributed by atoms with Gasteiger partial charge in [-0.15, -0.1) is 0 Å². The van der Waals surface area contributed by atoms with Gasteiger partial charge in [0.05, 0.1) is 0 Å². The van der Waals surface area contributed by atoms with Gasteiger partial charge in [0.25, 0.3) is 0 Å². The molecule has 3 N–H and O–H groups in total. The van der Waals surface area contributed by atoms with Gasteiger partial charge in [-0.05, 0) is 31.1 Å². The van der Waals surface area contributed by atoms with E-state index in [2.05, 4.69) is 10.6 Å². The Morgan fingerprint density at radius 3 is 2.21 bits per heavy atom. The molecule has 0 unspecified atom stereocenters. The van der Waals surface area contributed by atoms with Gasteiger partial charge in [0.2, 0.25) is 0 Å². The standard InChI is InChI=1S/C14H28N2O3/c1-5-11(6-2)16-13(19)15-10-9-14(3,4)8-7-12(17)18/h11H,5-10H2,1-4H3,(H,17,18)(H2,15,16,19). The normalized spacial score (nSPS) is 11.4. The van der Waals surface area contributed by atoms with Gasteiger partial charge < -0.3 is 15.7 Å². The SMILES string of the molecule is CCC(CC)NC(=O)NCCC(C)(C)CCC(=O)O. The molecule has 2 amide bonds. The van der Waals surface area contributed by atoms with Crippen LogP contribution < -0.4 is 10.6 Å². The second-order valence-corrected chi connectivity index (χ2v) is 5.72. The quantitative estimate of drug-likeness (QED) is 0.604. The van der Waals surface area contributed by atoms with Crippen LogP contribution in [0.3, 0.4) is 0 Å². The molecule has 19 heavy (non-hydrogen) atoms. The Labute approximate surface area is 116 Å². The van der Waals surface area contributed by atoms with E-state index < -0.39 is 5.97 Å². The summed E-state index contributed by atoms with van der Waals surface area (Å²) in [5, 5.41) is 14.4. The second-order valence-electron chi connectivity index (χ2n) is 5.72. The molecule has 0 aromatic rings. The molecule has 0 aliphatic carbocycles. The lowest BCUT2D eigenvalue weighted by molar-refractivity contribution is -0.137. The first-order valence-corrected chi connectivity index (χ1v) is 7.07. The highest BCUT2D eigenvalue weighted by Crippen LogP contribution is 2.25. The van der Waals surface area contributed by atoms with Crippen molar-refractivity contribution in [2.75, 3.05) is 6.54 Å². The Bertz CT molecular complexity index is 286. The molecule has 0 aromatic carbocycles. The van der Waals surface area contributed by atoms with Crippen LogP contribution in [0.5, 0.6) is 0 Å². The fourth-order valence-electron chi connectivity index (χ4n) is 1.81. The topological polar surface area (TPSA) is 78.4 Å². The van der Waals surface area contributed by atoms with E-state index >= 15 is 0 Å². The lowest BCUT2D eigenvalue weighted by Crippen LogP contribution is -2.42. The predicted molar refractivity (Wildman–Crippen MR) is 76.2 cm³/mol. The molecule has 0 heterocycles. The number of carboxylic acid groups (broad SMARTS) is 1. The molecular weight excluding hydrogens is 244 g/mol. The van der Waals surface area contributed by atoms with Crippen LogP contribution in [0.25, 0.3) is 0 Å². The highest BCUT2D eigenvalue weighted by atomic mass is 16.4. The molecule has 0 saturated carbocycles. The van der Waals surface area contributed by atoms with Crippen LogP contribution in [0.1, 0.15) is 59.8 Å². The van der Waals surface area contributed by atoms with E-state index in [4.69, 9.17) is 5.11 Å². The van der Waals surface area contributed by atoms with Gasteiger partial charge in [-0.3, -0.25) is 4.79 Å². The van der Waals surface area contributed by atoms with E-state index in [-0.39, 0.29) is 23.9 Å². The first-order chi connectivity index (χ1) is 8.80. The summed E-state index contributed by atoms with van der Waals surface area (Å²) in [4.78, 5) is 22.1. The zero-order chi connectivity index (χ0) is 14.9. The van der Waals surface area contributed by atoms with E-state index in [0.29, 0.717) is 13.0 Å². The monoisotopic (exact) mass is 272 g/mol. The Balaban J connectivity index is 3.88. The number of urea groups is 1. The number of carboxylic acids is 1. The number of aliphatic carboxylic acids is 1. The first kappa shape index (κ1) is 17.7. The van der Waals surface area contributed by atoms with Crippen molar-refractivity contribution in [1.29, 1.82) is 0 Å². The van der Waals surface area contributed by atoms with E-state index in [1.54, 1.807) is 0 Å². The molecule has 0 saturated heterocycles.